The standard InChI is InChI=1S/C22H23N5O2/c1-4-27-8-7-15-17(10-23)21(26)22(12-24,13-25)20(18(15)11-27)16-9-14(28-2)5-6-19(16)29-3/h5-7,9,18,20H,4,8,11,26H2,1-3H3/t18-,20+/m1/s1. The van der Waals surface area contributed by atoms with E-state index in [0.29, 0.717) is 30.2 Å². The molecule has 0 bridgehead atoms. The Bertz CT molecular complexity index is 991. The molecule has 0 spiro atoms. The normalized spacial score (nSPS) is 23.1. The molecular formula is C22H23N5O2. The van der Waals surface area contributed by atoms with E-state index in [1.54, 1.807) is 32.4 Å². The first-order chi connectivity index (χ1) is 14.0. The van der Waals surface area contributed by atoms with Crippen LogP contribution in [0.5, 0.6) is 11.5 Å². The number of likely N-dealkylation sites (N-methyl/N-ethyl adjacent to an activating group) is 1. The first-order valence-electron chi connectivity index (χ1n) is 9.38. The fourth-order valence-corrected chi connectivity index (χ4v) is 4.42. The van der Waals surface area contributed by atoms with E-state index in [1.807, 2.05) is 6.08 Å². The number of nitrogens with zero attached hydrogens (tertiary/aromatic N) is 4. The van der Waals surface area contributed by atoms with Crippen molar-refractivity contribution < 1.29 is 9.47 Å². The summed E-state index contributed by atoms with van der Waals surface area (Å²) in [5.41, 5.74) is 6.36. The molecule has 0 saturated heterocycles. The van der Waals surface area contributed by atoms with Crippen molar-refractivity contribution in [1.82, 2.24) is 4.90 Å². The molecule has 1 aromatic carbocycles. The lowest BCUT2D eigenvalue weighted by Gasteiger charge is -2.45. The molecule has 2 atom stereocenters. The van der Waals surface area contributed by atoms with Gasteiger partial charge in [-0.3, -0.25) is 4.90 Å². The van der Waals surface area contributed by atoms with Crippen LogP contribution in [0.2, 0.25) is 0 Å². The summed E-state index contributed by atoms with van der Waals surface area (Å²) in [5.74, 6) is 0.269. The molecule has 2 N–H and O–H groups in total. The van der Waals surface area contributed by atoms with Gasteiger partial charge in [-0.25, -0.2) is 0 Å². The Balaban J connectivity index is 2.37. The minimum atomic E-state index is -1.69. The fraction of sp³-hybridized carbons (Fsp3) is 0.409. The van der Waals surface area contributed by atoms with E-state index in [4.69, 9.17) is 15.2 Å². The molecule has 7 nitrogen and oxygen atoms in total. The van der Waals surface area contributed by atoms with Gasteiger partial charge in [0.2, 0.25) is 0 Å². The van der Waals surface area contributed by atoms with Crippen molar-refractivity contribution in [3.63, 3.8) is 0 Å². The van der Waals surface area contributed by atoms with Gasteiger partial charge in [0.25, 0.3) is 0 Å². The van der Waals surface area contributed by atoms with Crippen molar-refractivity contribution in [2.45, 2.75) is 12.8 Å². The summed E-state index contributed by atoms with van der Waals surface area (Å²) in [6.07, 6.45) is 1.99. The molecule has 1 aliphatic heterocycles. The molecule has 1 aliphatic carbocycles. The van der Waals surface area contributed by atoms with Gasteiger partial charge in [-0.2, -0.15) is 15.8 Å². The largest absolute Gasteiger partial charge is 0.497 e. The summed E-state index contributed by atoms with van der Waals surface area (Å²) >= 11 is 0. The number of nitriles is 3. The highest BCUT2D eigenvalue weighted by Crippen LogP contribution is 2.56. The van der Waals surface area contributed by atoms with Crippen molar-refractivity contribution in [2.75, 3.05) is 33.9 Å². The van der Waals surface area contributed by atoms with Crippen molar-refractivity contribution in [2.24, 2.45) is 17.1 Å². The number of allylic oxidation sites excluding steroid dienone is 2. The van der Waals surface area contributed by atoms with E-state index in [-0.39, 0.29) is 17.2 Å². The van der Waals surface area contributed by atoms with Crippen LogP contribution in [-0.2, 0) is 0 Å². The molecular weight excluding hydrogens is 366 g/mol. The maximum Gasteiger partial charge on any atom is 0.191 e. The highest BCUT2D eigenvalue weighted by molar-refractivity contribution is 5.61. The van der Waals surface area contributed by atoms with Gasteiger partial charge in [0.05, 0.1) is 37.6 Å². The molecule has 1 heterocycles. The fourth-order valence-electron chi connectivity index (χ4n) is 4.42. The molecule has 148 valence electrons. The zero-order valence-corrected chi connectivity index (χ0v) is 16.8. The van der Waals surface area contributed by atoms with Crippen molar-refractivity contribution in [3.05, 3.63) is 46.7 Å². The molecule has 0 amide bonds. The van der Waals surface area contributed by atoms with E-state index >= 15 is 0 Å². The Kier molecular flexibility index (Phi) is 5.50. The van der Waals surface area contributed by atoms with Gasteiger partial charge in [-0.05, 0) is 30.3 Å². The second-order valence-corrected chi connectivity index (χ2v) is 7.14. The third kappa shape index (κ3) is 2.99. The SMILES string of the molecule is CCN1CC=C2C(C#N)=C(N)C(C#N)(C#N)[C@@H](c3cc(OC)ccc3OC)[C@@H]2C1. The minimum absolute atomic E-state index is 0.00678. The average Bonchev–Trinajstić information content (AvgIpc) is 2.77. The van der Waals surface area contributed by atoms with E-state index in [9.17, 15) is 15.8 Å². The number of ether oxygens (including phenoxy) is 2. The molecule has 0 radical (unpaired) electrons. The molecule has 2 aliphatic rings. The highest BCUT2D eigenvalue weighted by Gasteiger charge is 2.55. The molecule has 0 unspecified atom stereocenters. The summed E-state index contributed by atoms with van der Waals surface area (Å²) in [5, 5.41) is 30.1. The number of methoxy groups -OCH3 is 2. The summed E-state index contributed by atoms with van der Waals surface area (Å²) in [7, 11) is 3.10. The lowest BCUT2D eigenvalue weighted by atomic mass is 9.58. The van der Waals surface area contributed by atoms with Crippen LogP contribution in [0.4, 0.5) is 0 Å². The Hall–Kier alpha value is -3.47. The molecule has 0 saturated carbocycles. The van der Waals surface area contributed by atoms with Gasteiger partial charge in [-0.1, -0.05) is 13.0 Å². The van der Waals surface area contributed by atoms with Crippen molar-refractivity contribution >= 4 is 0 Å². The van der Waals surface area contributed by atoms with Crippen LogP contribution in [0.25, 0.3) is 0 Å². The molecule has 29 heavy (non-hydrogen) atoms. The Morgan fingerprint density at radius 1 is 1.21 bits per heavy atom. The van der Waals surface area contributed by atoms with Gasteiger partial charge in [0, 0.05) is 30.5 Å². The lowest BCUT2D eigenvalue weighted by Crippen LogP contribution is -2.48. The lowest BCUT2D eigenvalue weighted by molar-refractivity contribution is 0.212. The zero-order valence-electron chi connectivity index (χ0n) is 16.8. The third-order valence-electron chi connectivity index (χ3n) is 5.96. The number of benzene rings is 1. The van der Waals surface area contributed by atoms with Crippen LogP contribution >= 0.6 is 0 Å². The van der Waals surface area contributed by atoms with Crippen molar-refractivity contribution in [3.8, 4) is 29.7 Å². The summed E-state index contributed by atoms with van der Waals surface area (Å²) in [6, 6.07) is 11.8. The van der Waals surface area contributed by atoms with Crippen molar-refractivity contribution in [1.29, 1.82) is 15.8 Å². The smallest absolute Gasteiger partial charge is 0.191 e. The Morgan fingerprint density at radius 3 is 2.48 bits per heavy atom. The molecule has 0 aromatic heterocycles. The number of nitrogens with two attached hydrogens (primary N) is 1. The number of hydrogen-bond acceptors (Lipinski definition) is 7. The van der Waals surface area contributed by atoms with Gasteiger partial charge in [-0.15, -0.1) is 0 Å². The average molecular weight is 389 g/mol. The second-order valence-electron chi connectivity index (χ2n) is 7.14. The van der Waals surface area contributed by atoms with E-state index in [0.717, 1.165) is 12.1 Å². The van der Waals surface area contributed by atoms with Crippen LogP contribution < -0.4 is 15.2 Å². The van der Waals surface area contributed by atoms with Gasteiger partial charge >= 0.3 is 0 Å². The molecule has 7 heteroatoms. The molecule has 0 fully saturated rings. The van der Waals surface area contributed by atoms with Gasteiger partial charge < -0.3 is 15.2 Å². The zero-order chi connectivity index (χ0) is 21.2. The predicted octanol–water partition coefficient (Wildman–Crippen LogP) is 2.45. The minimum Gasteiger partial charge on any atom is -0.497 e. The van der Waals surface area contributed by atoms with Crippen LogP contribution in [0.3, 0.4) is 0 Å². The van der Waals surface area contributed by atoms with E-state index in [1.165, 1.54) is 0 Å². The second kappa shape index (κ2) is 7.87. The number of hydrogen-bond donors (Lipinski definition) is 1. The summed E-state index contributed by atoms with van der Waals surface area (Å²) in [6.45, 7) is 4.17. The van der Waals surface area contributed by atoms with Gasteiger partial charge in [0.1, 0.15) is 17.6 Å². The van der Waals surface area contributed by atoms with Crippen LogP contribution in [-0.4, -0.2) is 38.8 Å². The van der Waals surface area contributed by atoms with Crippen LogP contribution in [0.1, 0.15) is 18.4 Å². The maximum atomic E-state index is 10.2. The quantitative estimate of drug-likeness (QED) is 0.840. The maximum absolute atomic E-state index is 10.2. The monoisotopic (exact) mass is 389 g/mol. The topological polar surface area (TPSA) is 119 Å². The summed E-state index contributed by atoms with van der Waals surface area (Å²) < 4.78 is 11.0. The Labute approximate surface area is 170 Å². The predicted molar refractivity (Wildman–Crippen MR) is 106 cm³/mol. The number of fused-ring (bicyclic) bond motifs is 1. The van der Waals surface area contributed by atoms with E-state index in [2.05, 4.69) is 30.0 Å². The molecule has 3 rings (SSSR count). The van der Waals surface area contributed by atoms with E-state index < -0.39 is 11.3 Å². The van der Waals surface area contributed by atoms with Crippen LogP contribution in [0, 0.1) is 45.3 Å². The molecule has 1 aromatic rings. The van der Waals surface area contributed by atoms with Crippen LogP contribution in [0.15, 0.2) is 41.1 Å². The first-order valence-corrected chi connectivity index (χ1v) is 9.38. The Morgan fingerprint density at radius 2 is 1.93 bits per heavy atom. The third-order valence-corrected chi connectivity index (χ3v) is 5.96. The highest BCUT2D eigenvalue weighted by atomic mass is 16.5. The van der Waals surface area contributed by atoms with Gasteiger partial charge in [0.15, 0.2) is 5.41 Å². The first kappa shape index (κ1) is 20.3. The number of rotatable bonds is 4. The summed E-state index contributed by atoms with van der Waals surface area (Å²) in [4.78, 5) is 2.21.